The molecule has 0 aromatic heterocycles. The molecule has 1 aromatic rings. The van der Waals surface area contributed by atoms with Crippen LogP contribution in [-0.2, 0) is 12.0 Å². The zero-order valence-electron chi connectivity index (χ0n) is 11.6. The van der Waals surface area contributed by atoms with E-state index in [1.165, 1.54) is 49.9 Å². The fraction of sp³-hybridized carbons (Fsp3) is 0.625. The molecule has 1 aromatic carbocycles. The van der Waals surface area contributed by atoms with Crippen LogP contribution in [0.25, 0.3) is 0 Å². The monoisotopic (exact) mass is 244 g/mol. The van der Waals surface area contributed by atoms with Crippen LogP contribution in [0.5, 0.6) is 0 Å². The van der Waals surface area contributed by atoms with Crippen LogP contribution < -0.4 is 10.2 Å². The molecule has 0 unspecified atom stereocenters. The number of nitrogens with one attached hydrogen (secondary N) is 1. The van der Waals surface area contributed by atoms with Gasteiger partial charge in [-0.3, -0.25) is 0 Å². The van der Waals surface area contributed by atoms with Crippen molar-refractivity contribution >= 4 is 5.69 Å². The number of likely N-dealkylation sites (N-methyl/N-ethyl adjacent to an activating group) is 1. The lowest BCUT2D eigenvalue weighted by atomic mass is 9.70. The molecule has 3 rings (SSSR count). The zero-order chi connectivity index (χ0) is 12.6. The van der Waals surface area contributed by atoms with E-state index >= 15 is 0 Å². The van der Waals surface area contributed by atoms with Gasteiger partial charge in [0, 0.05) is 31.2 Å². The molecule has 98 valence electrons. The zero-order valence-corrected chi connectivity index (χ0v) is 11.6. The Morgan fingerprint density at radius 1 is 1.22 bits per heavy atom. The molecule has 1 spiro atoms. The molecule has 2 aliphatic rings. The Bertz CT molecular complexity index is 433. The Labute approximate surface area is 110 Å². The van der Waals surface area contributed by atoms with Crippen LogP contribution in [0, 0.1) is 0 Å². The summed E-state index contributed by atoms with van der Waals surface area (Å²) in [5.74, 6) is 0. The van der Waals surface area contributed by atoms with Crippen molar-refractivity contribution in [1.82, 2.24) is 5.32 Å². The molecule has 2 nitrogen and oxygen atoms in total. The highest BCUT2D eigenvalue weighted by molar-refractivity contribution is 5.63. The van der Waals surface area contributed by atoms with E-state index in [0.717, 1.165) is 6.54 Å². The molecule has 0 bridgehead atoms. The average molecular weight is 244 g/mol. The molecule has 0 radical (unpaired) electrons. The molecule has 1 aliphatic carbocycles. The van der Waals surface area contributed by atoms with Crippen molar-refractivity contribution in [1.29, 1.82) is 0 Å². The van der Waals surface area contributed by atoms with Crippen molar-refractivity contribution in [2.75, 3.05) is 25.5 Å². The van der Waals surface area contributed by atoms with Gasteiger partial charge >= 0.3 is 0 Å². The largest absolute Gasteiger partial charge is 0.373 e. The Morgan fingerprint density at radius 2 is 2.00 bits per heavy atom. The quantitative estimate of drug-likeness (QED) is 0.860. The topological polar surface area (TPSA) is 15.3 Å². The van der Waals surface area contributed by atoms with E-state index < -0.39 is 0 Å². The van der Waals surface area contributed by atoms with Gasteiger partial charge in [0.1, 0.15) is 0 Å². The van der Waals surface area contributed by atoms with Crippen molar-refractivity contribution in [2.45, 2.75) is 44.1 Å². The maximum absolute atomic E-state index is 3.26. The van der Waals surface area contributed by atoms with Gasteiger partial charge in [0.25, 0.3) is 0 Å². The Hall–Kier alpha value is -1.02. The first-order chi connectivity index (χ1) is 8.75. The first-order valence-corrected chi connectivity index (χ1v) is 7.24. The summed E-state index contributed by atoms with van der Waals surface area (Å²) in [6, 6.07) is 7.06. The van der Waals surface area contributed by atoms with Crippen molar-refractivity contribution in [3.8, 4) is 0 Å². The van der Waals surface area contributed by atoms with Gasteiger partial charge in [0.2, 0.25) is 0 Å². The lowest BCUT2D eigenvalue weighted by Gasteiger charge is -2.34. The third kappa shape index (κ3) is 1.83. The second kappa shape index (κ2) is 4.58. The van der Waals surface area contributed by atoms with E-state index in [4.69, 9.17) is 0 Å². The maximum atomic E-state index is 3.26. The van der Waals surface area contributed by atoms with Crippen LogP contribution in [0.4, 0.5) is 5.69 Å². The van der Waals surface area contributed by atoms with Gasteiger partial charge in [0.15, 0.2) is 0 Å². The summed E-state index contributed by atoms with van der Waals surface area (Å²) >= 11 is 0. The number of hydrogen-bond acceptors (Lipinski definition) is 2. The summed E-state index contributed by atoms with van der Waals surface area (Å²) in [7, 11) is 4.27. The normalized spacial score (nSPS) is 21.3. The fourth-order valence-electron chi connectivity index (χ4n) is 3.94. The minimum atomic E-state index is 0.464. The first-order valence-electron chi connectivity index (χ1n) is 7.24. The predicted octanol–water partition coefficient (Wildman–Crippen LogP) is 3.06. The smallest absolute Gasteiger partial charge is 0.0403 e. The number of benzene rings is 1. The Kier molecular flexibility index (Phi) is 3.06. The van der Waals surface area contributed by atoms with Crippen LogP contribution in [0.1, 0.15) is 43.2 Å². The number of hydrogen-bond donors (Lipinski definition) is 1. The van der Waals surface area contributed by atoms with Crippen LogP contribution in [0.3, 0.4) is 0 Å². The Balaban J connectivity index is 2.01. The maximum Gasteiger partial charge on any atom is 0.0403 e. The summed E-state index contributed by atoms with van der Waals surface area (Å²) in [4.78, 5) is 2.46. The number of anilines is 1. The number of nitrogens with zero attached hydrogens (tertiary/aromatic N) is 1. The van der Waals surface area contributed by atoms with Crippen molar-refractivity contribution < 1.29 is 0 Å². The third-order valence-corrected chi connectivity index (χ3v) is 4.77. The number of fused-ring (bicyclic) bond motifs is 2. The van der Waals surface area contributed by atoms with E-state index in [-0.39, 0.29) is 0 Å². The van der Waals surface area contributed by atoms with Gasteiger partial charge in [-0.05, 0) is 37.1 Å². The van der Waals surface area contributed by atoms with Crippen molar-refractivity contribution in [3.63, 3.8) is 0 Å². The molecule has 1 N–H and O–H groups in total. The highest BCUT2D eigenvalue weighted by Crippen LogP contribution is 2.48. The first kappa shape index (κ1) is 12.0. The van der Waals surface area contributed by atoms with Crippen LogP contribution >= 0.6 is 0 Å². The summed E-state index contributed by atoms with van der Waals surface area (Å²) in [5, 5.41) is 3.26. The summed E-state index contributed by atoms with van der Waals surface area (Å²) in [6.07, 6.45) is 7.00. The molecular formula is C16H24N2. The molecule has 0 amide bonds. The van der Waals surface area contributed by atoms with Gasteiger partial charge in [-0.25, -0.2) is 0 Å². The molecule has 1 heterocycles. The van der Waals surface area contributed by atoms with Crippen LogP contribution in [-0.4, -0.2) is 20.6 Å². The molecule has 2 heteroatoms. The summed E-state index contributed by atoms with van der Waals surface area (Å²) in [6.45, 7) is 2.21. The van der Waals surface area contributed by atoms with Crippen molar-refractivity contribution in [3.05, 3.63) is 29.3 Å². The number of rotatable bonds is 2. The van der Waals surface area contributed by atoms with E-state index in [0.29, 0.717) is 5.41 Å². The minimum Gasteiger partial charge on any atom is -0.373 e. The average Bonchev–Trinajstić information content (AvgIpc) is 2.64. The standard InChI is InChI=1S/C16H24N2/c1-17-11-13-6-7-15-14(10-13)16(12-18(15)2)8-4-3-5-9-16/h6-7,10,17H,3-5,8-9,11-12H2,1-2H3. The summed E-state index contributed by atoms with van der Waals surface area (Å²) < 4.78 is 0. The minimum absolute atomic E-state index is 0.464. The second-order valence-electron chi connectivity index (χ2n) is 6.08. The SMILES string of the molecule is CNCc1ccc2c(c1)C1(CCCCC1)CN2C. The summed E-state index contributed by atoms with van der Waals surface area (Å²) in [5.41, 5.74) is 4.98. The van der Waals surface area contributed by atoms with Gasteiger partial charge in [-0.15, -0.1) is 0 Å². The van der Waals surface area contributed by atoms with Crippen LogP contribution in [0.15, 0.2) is 18.2 Å². The molecule has 0 atom stereocenters. The fourth-order valence-corrected chi connectivity index (χ4v) is 3.94. The van der Waals surface area contributed by atoms with E-state index in [2.05, 4.69) is 35.5 Å². The van der Waals surface area contributed by atoms with Gasteiger partial charge in [0.05, 0.1) is 0 Å². The molecule has 1 fully saturated rings. The molecular weight excluding hydrogens is 220 g/mol. The lowest BCUT2D eigenvalue weighted by Crippen LogP contribution is -2.33. The van der Waals surface area contributed by atoms with Gasteiger partial charge < -0.3 is 10.2 Å². The molecule has 1 aliphatic heterocycles. The van der Waals surface area contributed by atoms with E-state index in [1.807, 2.05) is 7.05 Å². The molecule has 1 saturated carbocycles. The predicted molar refractivity (Wildman–Crippen MR) is 77.2 cm³/mol. The molecule has 18 heavy (non-hydrogen) atoms. The second-order valence-corrected chi connectivity index (χ2v) is 6.08. The van der Waals surface area contributed by atoms with E-state index in [1.54, 1.807) is 5.56 Å². The van der Waals surface area contributed by atoms with Gasteiger partial charge in [-0.2, -0.15) is 0 Å². The highest BCUT2D eigenvalue weighted by atomic mass is 15.1. The van der Waals surface area contributed by atoms with Gasteiger partial charge in [-0.1, -0.05) is 31.4 Å². The lowest BCUT2D eigenvalue weighted by molar-refractivity contribution is 0.312. The van der Waals surface area contributed by atoms with E-state index in [9.17, 15) is 0 Å². The molecule has 0 saturated heterocycles. The van der Waals surface area contributed by atoms with Crippen LogP contribution in [0.2, 0.25) is 0 Å². The highest BCUT2D eigenvalue weighted by Gasteiger charge is 2.41. The van der Waals surface area contributed by atoms with Crippen molar-refractivity contribution in [2.24, 2.45) is 0 Å². The Morgan fingerprint density at radius 3 is 2.72 bits per heavy atom. The third-order valence-electron chi connectivity index (χ3n) is 4.77.